The summed E-state index contributed by atoms with van der Waals surface area (Å²) >= 11 is 0. The second kappa shape index (κ2) is 6.88. The van der Waals surface area contributed by atoms with E-state index in [0.717, 1.165) is 17.8 Å². The summed E-state index contributed by atoms with van der Waals surface area (Å²) in [7, 11) is 0. The van der Waals surface area contributed by atoms with Crippen molar-refractivity contribution in [1.82, 2.24) is 15.5 Å². The van der Waals surface area contributed by atoms with Crippen LogP contribution in [0.5, 0.6) is 0 Å². The van der Waals surface area contributed by atoms with Gasteiger partial charge in [-0.3, -0.25) is 4.79 Å². The number of rotatable bonds is 6. The van der Waals surface area contributed by atoms with Gasteiger partial charge in [0.2, 0.25) is 5.89 Å². The first-order valence-electron chi connectivity index (χ1n) is 7.02. The summed E-state index contributed by atoms with van der Waals surface area (Å²) in [4.78, 5) is 16.4. The van der Waals surface area contributed by atoms with Crippen LogP contribution in [0.1, 0.15) is 34.6 Å². The number of nitrogens with one attached hydrogen (secondary N) is 2. The predicted molar refractivity (Wildman–Crippen MR) is 80.4 cm³/mol. The molecule has 0 spiro atoms. The number of benzene rings is 1. The van der Waals surface area contributed by atoms with Crippen molar-refractivity contribution in [3.05, 3.63) is 41.0 Å². The van der Waals surface area contributed by atoms with Gasteiger partial charge in [0.25, 0.3) is 5.91 Å². The van der Waals surface area contributed by atoms with Crippen LogP contribution in [0.4, 0.5) is 5.69 Å². The summed E-state index contributed by atoms with van der Waals surface area (Å²) in [5.74, 6) is 1.03. The lowest BCUT2D eigenvalue weighted by molar-refractivity contribution is 0.0954. The van der Waals surface area contributed by atoms with Crippen LogP contribution in [-0.2, 0) is 6.42 Å². The largest absolute Gasteiger partial charge is 0.385 e. The van der Waals surface area contributed by atoms with Gasteiger partial charge in [0, 0.05) is 25.2 Å². The normalized spacial score (nSPS) is 10.4. The van der Waals surface area contributed by atoms with Crippen molar-refractivity contribution in [2.24, 2.45) is 0 Å². The second-order valence-corrected chi connectivity index (χ2v) is 4.82. The summed E-state index contributed by atoms with van der Waals surface area (Å²) in [5.41, 5.74) is 2.54. The molecule has 0 saturated heterocycles. The summed E-state index contributed by atoms with van der Waals surface area (Å²) in [6.45, 7) is 6.96. The van der Waals surface area contributed by atoms with Gasteiger partial charge in [-0.05, 0) is 32.9 Å². The van der Waals surface area contributed by atoms with Crippen LogP contribution in [0.3, 0.4) is 0 Å². The lowest BCUT2D eigenvalue weighted by Crippen LogP contribution is -2.26. The molecule has 2 N–H and O–H groups in total. The van der Waals surface area contributed by atoms with Gasteiger partial charge in [0.1, 0.15) is 0 Å². The van der Waals surface area contributed by atoms with Gasteiger partial charge in [0.15, 0.2) is 5.82 Å². The monoisotopic (exact) mass is 288 g/mol. The molecule has 0 unspecified atom stereocenters. The molecular weight excluding hydrogens is 268 g/mol. The molecule has 0 aliphatic heterocycles. The highest BCUT2D eigenvalue weighted by Gasteiger charge is 2.11. The molecule has 0 fully saturated rings. The maximum absolute atomic E-state index is 12.3. The first-order valence-corrected chi connectivity index (χ1v) is 7.02. The van der Waals surface area contributed by atoms with Crippen molar-refractivity contribution in [2.45, 2.75) is 27.2 Å². The van der Waals surface area contributed by atoms with E-state index < -0.39 is 0 Å². The predicted octanol–water partition coefficient (Wildman–Crippen LogP) is 2.09. The van der Waals surface area contributed by atoms with Crippen molar-refractivity contribution in [3.63, 3.8) is 0 Å². The Kier molecular flexibility index (Phi) is 4.92. The Balaban J connectivity index is 1.97. The van der Waals surface area contributed by atoms with Crippen LogP contribution < -0.4 is 10.6 Å². The van der Waals surface area contributed by atoms with Crippen LogP contribution >= 0.6 is 0 Å². The van der Waals surface area contributed by atoms with Crippen molar-refractivity contribution in [2.75, 3.05) is 18.4 Å². The van der Waals surface area contributed by atoms with Gasteiger partial charge < -0.3 is 15.2 Å². The number of aromatic nitrogens is 2. The van der Waals surface area contributed by atoms with E-state index >= 15 is 0 Å². The minimum Gasteiger partial charge on any atom is -0.385 e. The van der Waals surface area contributed by atoms with Crippen LogP contribution in [0.25, 0.3) is 0 Å². The molecule has 6 heteroatoms. The van der Waals surface area contributed by atoms with Crippen LogP contribution in [0, 0.1) is 13.8 Å². The Morgan fingerprint density at radius 1 is 1.33 bits per heavy atom. The number of anilines is 1. The molecule has 0 aliphatic carbocycles. The zero-order chi connectivity index (χ0) is 15.2. The number of amides is 1. The van der Waals surface area contributed by atoms with Crippen molar-refractivity contribution < 1.29 is 9.32 Å². The highest BCUT2D eigenvalue weighted by molar-refractivity contribution is 5.99. The minimum atomic E-state index is -0.106. The third kappa shape index (κ3) is 4.05. The van der Waals surface area contributed by atoms with Crippen molar-refractivity contribution in [1.29, 1.82) is 0 Å². The molecule has 0 radical (unpaired) electrons. The van der Waals surface area contributed by atoms with Crippen molar-refractivity contribution >= 4 is 11.6 Å². The third-order valence-corrected chi connectivity index (χ3v) is 2.98. The Bertz CT molecular complexity index is 622. The second-order valence-electron chi connectivity index (χ2n) is 4.82. The molecule has 1 amide bonds. The topological polar surface area (TPSA) is 80.0 Å². The molecule has 0 saturated carbocycles. The molecule has 0 bridgehead atoms. The zero-order valence-corrected chi connectivity index (χ0v) is 12.6. The molecule has 0 atom stereocenters. The molecular formula is C15H20N4O2. The first-order chi connectivity index (χ1) is 10.1. The maximum atomic E-state index is 12.3. The molecule has 2 aromatic rings. The van der Waals surface area contributed by atoms with E-state index in [2.05, 4.69) is 20.8 Å². The molecule has 21 heavy (non-hydrogen) atoms. The van der Waals surface area contributed by atoms with E-state index in [4.69, 9.17) is 4.52 Å². The van der Waals surface area contributed by atoms with E-state index in [1.54, 1.807) is 6.92 Å². The summed E-state index contributed by atoms with van der Waals surface area (Å²) < 4.78 is 5.01. The Hall–Kier alpha value is -2.37. The fraction of sp³-hybridized carbons (Fsp3) is 0.400. The van der Waals surface area contributed by atoms with Gasteiger partial charge in [-0.25, -0.2) is 0 Å². The van der Waals surface area contributed by atoms with Gasteiger partial charge in [-0.15, -0.1) is 0 Å². The standard InChI is InChI=1S/C15H20N4O2/c1-4-16-13-6-5-10(2)9-12(13)15(20)17-8-7-14-18-11(3)19-21-14/h5-6,9,16H,4,7-8H2,1-3H3,(H,17,20). The van der Waals surface area contributed by atoms with Gasteiger partial charge in [-0.1, -0.05) is 16.8 Å². The summed E-state index contributed by atoms with van der Waals surface area (Å²) in [6, 6.07) is 5.79. The number of carbonyl (C=O) groups is 1. The molecule has 6 nitrogen and oxygen atoms in total. The minimum absolute atomic E-state index is 0.106. The van der Waals surface area contributed by atoms with E-state index in [1.165, 1.54) is 0 Å². The van der Waals surface area contributed by atoms with E-state index in [0.29, 0.717) is 30.2 Å². The molecule has 1 aromatic carbocycles. The molecule has 112 valence electrons. The number of aryl methyl sites for hydroxylation is 2. The number of carbonyl (C=O) groups excluding carboxylic acids is 1. The number of nitrogens with zero attached hydrogens (tertiary/aromatic N) is 2. The lowest BCUT2D eigenvalue weighted by Gasteiger charge is -2.11. The first kappa shape index (κ1) is 15.0. The molecule has 0 aliphatic rings. The maximum Gasteiger partial charge on any atom is 0.253 e. The quantitative estimate of drug-likeness (QED) is 0.850. The Morgan fingerprint density at radius 3 is 2.81 bits per heavy atom. The highest BCUT2D eigenvalue weighted by atomic mass is 16.5. The average molecular weight is 288 g/mol. The lowest BCUT2D eigenvalue weighted by atomic mass is 10.1. The smallest absolute Gasteiger partial charge is 0.253 e. The third-order valence-electron chi connectivity index (χ3n) is 2.98. The highest BCUT2D eigenvalue weighted by Crippen LogP contribution is 2.17. The average Bonchev–Trinajstić information content (AvgIpc) is 2.86. The molecule has 1 heterocycles. The van der Waals surface area contributed by atoms with Gasteiger partial charge in [-0.2, -0.15) is 4.98 Å². The van der Waals surface area contributed by atoms with Gasteiger partial charge >= 0.3 is 0 Å². The van der Waals surface area contributed by atoms with Gasteiger partial charge in [0.05, 0.1) is 5.56 Å². The Morgan fingerprint density at radius 2 is 2.14 bits per heavy atom. The zero-order valence-electron chi connectivity index (χ0n) is 12.6. The van der Waals surface area contributed by atoms with Crippen LogP contribution in [0.2, 0.25) is 0 Å². The Labute approximate surface area is 123 Å². The number of hydrogen-bond donors (Lipinski definition) is 2. The van der Waals surface area contributed by atoms with Crippen LogP contribution in [0.15, 0.2) is 22.7 Å². The van der Waals surface area contributed by atoms with E-state index in [-0.39, 0.29) is 5.91 Å². The van der Waals surface area contributed by atoms with E-state index in [9.17, 15) is 4.79 Å². The number of hydrogen-bond acceptors (Lipinski definition) is 5. The summed E-state index contributed by atoms with van der Waals surface area (Å²) in [5, 5.41) is 9.78. The van der Waals surface area contributed by atoms with Crippen LogP contribution in [-0.4, -0.2) is 29.1 Å². The summed E-state index contributed by atoms with van der Waals surface area (Å²) in [6.07, 6.45) is 0.523. The van der Waals surface area contributed by atoms with Crippen molar-refractivity contribution in [3.8, 4) is 0 Å². The fourth-order valence-electron chi connectivity index (χ4n) is 2.01. The molecule has 2 rings (SSSR count). The fourth-order valence-corrected chi connectivity index (χ4v) is 2.01. The SMILES string of the molecule is CCNc1ccc(C)cc1C(=O)NCCc1nc(C)no1. The molecule has 1 aromatic heterocycles. The van der Waals surface area contributed by atoms with E-state index in [1.807, 2.05) is 32.0 Å².